The molecule has 0 unspecified atom stereocenters. The Kier molecular flexibility index (Phi) is 5.21. The Balaban J connectivity index is 2.08. The molecule has 0 aliphatic carbocycles. The van der Waals surface area contributed by atoms with Crippen LogP contribution in [-0.4, -0.2) is 34.8 Å². The fraction of sp³-hybridized carbons (Fsp3) is 0.375. The Morgan fingerprint density at radius 2 is 2.00 bits per heavy atom. The average Bonchev–Trinajstić information content (AvgIpc) is 2.85. The molecule has 4 nitrogen and oxygen atoms in total. The molecule has 1 aromatic carbocycles. The van der Waals surface area contributed by atoms with Crippen molar-refractivity contribution in [3.05, 3.63) is 53.9 Å². The average molecular weight is 274 g/mol. The minimum atomic E-state index is 0.155. The largest absolute Gasteiger partial charge is 0.496 e. The minimum absolute atomic E-state index is 0.155. The number of aromatic nitrogens is 1. The SMILES string of the molecule is COc1ccccc1CN(CCO)Cc1ccn(C)c1. The van der Waals surface area contributed by atoms with E-state index in [2.05, 4.69) is 23.2 Å². The molecular weight excluding hydrogens is 252 g/mol. The monoisotopic (exact) mass is 274 g/mol. The van der Waals surface area contributed by atoms with Gasteiger partial charge in [0.2, 0.25) is 0 Å². The molecule has 0 bridgehead atoms. The van der Waals surface area contributed by atoms with Gasteiger partial charge in [-0.15, -0.1) is 0 Å². The predicted octanol–water partition coefficient (Wildman–Crippen LogP) is 2.03. The number of rotatable bonds is 7. The molecule has 0 radical (unpaired) electrons. The van der Waals surface area contributed by atoms with Crippen LogP contribution in [0, 0.1) is 0 Å². The lowest BCUT2D eigenvalue weighted by molar-refractivity contribution is 0.183. The fourth-order valence-corrected chi connectivity index (χ4v) is 2.34. The van der Waals surface area contributed by atoms with Gasteiger partial charge in [0.25, 0.3) is 0 Å². The van der Waals surface area contributed by atoms with Gasteiger partial charge in [0.1, 0.15) is 5.75 Å². The molecule has 0 amide bonds. The first-order valence-corrected chi connectivity index (χ1v) is 6.79. The Morgan fingerprint density at radius 3 is 2.65 bits per heavy atom. The Bertz CT molecular complexity index is 537. The zero-order chi connectivity index (χ0) is 14.4. The van der Waals surface area contributed by atoms with E-state index in [1.165, 1.54) is 5.56 Å². The lowest BCUT2D eigenvalue weighted by Gasteiger charge is -2.22. The van der Waals surface area contributed by atoms with Crippen molar-refractivity contribution in [2.75, 3.05) is 20.3 Å². The molecule has 20 heavy (non-hydrogen) atoms. The third kappa shape index (κ3) is 3.85. The maximum atomic E-state index is 9.25. The van der Waals surface area contributed by atoms with E-state index in [1.54, 1.807) is 7.11 Å². The summed E-state index contributed by atoms with van der Waals surface area (Å²) in [5.74, 6) is 0.892. The zero-order valence-corrected chi connectivity index (χ0v) is 12.1. The first kappa shape index (κ1) is 14.6. The standard InChI is InChI=1S/C16H22N2O2/c1-17-8-7-14(11-17)12-18(9-10-19)13-15-5-3-4-6-16(15)20-2/h3-8,11,19H,9-10,12-13H2,1-2H3. The van der Waals surface area contributed by atoms with Crippen LogP contribution in [0.15, 0.2) is 42.7 Å². The summed E-state index contributed by atoms with van der Waals surface area (Å²) in [6.45, 7) is 2.38. The van der Waals surface area contributed by atoms with Crippen LogP contribution in [0.25, 0.3) is 0 Å². The molecule has 0 aliphatic heterocycles. The van der Waals surface area contributed by atoms with Crippen molar-refractivity contribution in [1.29, 1.82) is 0 Å². The number of hydrogen-bond acceptors (Lipinski definition) is 3. The van der Waals surface area contributed by atoms with Gasteiger partial charge >= 0.3 is 0 Å². The molecule has 2 rings (SSSR count). The lowest BCUT2D eigenvalue weighted by Crippen LogP contribution is -2.26. The quantitative estimate of drug-likeness (QED) is 0.839. The van der Waals surface area contributed by atoms with Gasteiger partial charge in [0, 0.05) is 44.6 Å². The number of para-hydroxylation sites is 1. The molecular formula is C16H22N2O2. The van der Waals surface area contributed by atoms with Crippen molar-refractivity contribution in [2.24, 2.45) is 7.05 Å². The van der Waals surface area contributed by atoms with Crippen LogP contribution in [0.3, 0.4) is 0 Å². The first-order valence-electron chi connectivity index (χ1n) is 6.79. The van der Waals surface area contributed by atoms with E-state index in [0.717, 1.165) is 24.4 Å². The molecule has 1 aromatic heterocycles. The zero-order valence-electron chi connectivity index (χ0n) is 12.1. The van der Waals surface area contributed by atoms with Crippen LogP contribution in [0.5, 0.6) is 5.75 Å². The Morgan fingerprint density at radius 1 is 1.20 bits per heavy atom. The normalized spacial score (nSPS) is 11.0. The third-order valence-corrected chi connectivity index (χ3v) is 3.30. The highest BCUT2D eigenvalue weighted by atomic mass is 16.5. The number of hydrogen-bond donors (Lipinski definition) is 1. The second-order valence-corrected chi connectivity index (χ2v) is 4.93. The molecule has 0 atom stereocenters. The summed E-state index contributed by atoms with van der Waals surface area (Å²) < 4.78 is 7.42. The van der Waals surface area contributed by atoms with E-state index in [-0.39, 0.29) is 6.61 Å². The van der Waals surface area contributed by atoms with Gasteiger partial charge in [0.05, 0.1) is 13.7 Å². The van der Waals surface area contributed by atoms with Gasteiger partial charge in [0.15, 0.2) is 0 Å². The van der Waals surface area contributed by atoms with Crippen molar-refractivity contribution in [1.82, 2.24) is 9.47 Å². The van der Waals surface area contributed by atoms with E-state index < -0.39 is 0 Å². The van der Waals surface area contributed by atoms with Crippen LogP contribution < -0.4 is 4.74 Å². The fourth-order valence-electron chi connectivity index (χ4n) is 2.34. The maximum absolute atomic E-state index is 9.25. The van der Waals surface area contributed by atoms with Crippen LogP contribution in [0.4, 0.5) is 0 Å². The second kappa shape index (κ2) is 7.12. The topological polar surface area (TPSA) is 37.6 Å². The van der Waals surface area contributed by atoms with Crippen LogP contribution in [-0.2, 0) is 20.1 Å². The molecule has 2 aromatic rings. The lowest BCUT2D eigenvalue weighted by atomic mass is 10.1. The number of aliphatic hydroxyl groups excluding tert-OH is 1. The van der Waals surface area contributed by atoms with E-state index in [9.17, 15) is 5.11 Å². The molecule has 0 saturated carbocycles. The summed E-state index contributed by atoms with van der Waals surface area (Å²) in [7, 11) is 3.70. The Labute approximate surface area is 120 Å². The van der Waals surface area contributed by atoms with Gasteiger partial charge in [-0.25, -0.2) is 0 Å². The van der Waals surface area contributed by atoms with Gasteiger partial charge in [-0.05, 0) is 17.7 Å². The Hall–Kier alpha value is -1.78. The van der Waals surface area contributed by atoms with Crippen molar-refractivity contribution in [3.63, 3.8) is 0 Å². The molecule has 108 valence electrons. The molecule has 1 heterocycles. The number of aliphatic hydroxyl groups is 1. The minimum Gasteiger partial charge on any atom is -0.496 e. The summed E-state index contributed by atoms with van der Waals surface area (Å²) in [6.07, 6.45) is 4.14. The van der Waals surface area contributed by atoms with Crippen LogP contribution in [0.2, 0.25) is 0 Å². The number of nitrogens with zero attached hydrogens (tertiary/aromatic N) is 2. The summed E-state index contributed by atoms with van der Waals surface area (Å²) in [5.41, 5.74) is 2.38. The van der Waals surface area contributed by atoms with Crippen molar-refractivity contribution in [3.8, 4) is 5.75 Å². The number of methoxy groups -OCH3 is 1. The number of benzene rings is 1. The van der Waals surface area contributed by atoms with Crippen molar-refractivity contribution < 1.29 is 9.84 Å². The molecule has 4 heteroatoms. The first-order chi connectivity index (χ1) is 9.72. The van der Waals surface area contributed by atoms with E-state index >= 15 is 0 Å². The highest BCUT2D eigenvalue weighted by Crippen LogP contribution is 2.20. The molecule has 1 N–H and O–H groups in total. The third-order valence-electron chi connectivity index (χ3n) is 3.30. The van der Waals surface area contributed by atoms with Crippen LogP contribution in [0.1, 0.15) is 11.1 Å². The van der Waals surface area contributed by atoms with Gasteiger partial charge < -0.3 is 14.4 Å². The van der Waals surface area contributed by atoms with Gasteiger partial charge in [-0.1, -0.05) is 18.2 Å². The summed E-state index contributed by atoms with van der Waals surface area (Å²) in [4.78, 5) is 2.22. The van der Waals surface area contributed by atoms with Crippen LogP contribution >= 0.6 is 0 Å². The van der Waals surface area contributed by atoms with Crippen molar-refractivity contribution >= 4 is 0 Å². The maximum Gasteiger partial charge on any atom is 0.123 e. The van der Waals surface area contributed by atoms with Gasteiger partial charge in [-0.3, -0.25) is 4.90 Å². The molecule has 0 aliphatic rings. The second-order valence-electron chi connectivity index (χ2n) is 4.93. The van der Waals surface area contributed by atoms with E-state index in [0.29, 0.717) is 6.54 Å². The van der Waals surface area contributed by atoms with E-state index in [1.807, 2.05) is 36.0 Å². The summed E-state index contributed by atoms with van der Waals surface area (Å²) in [5, 5.41) is 9.25. The smallest absolute Gasteiger partial charge is 0.123 e. The highest BCUT2D eigenvalue weighted by Gasteiger charge is 2.10. The number of ether oxygens (including phenoxy) is 1. The molecule has 0 spiro atoms. The summed E-state index contributed by atoms with van der Waals surface area (Å²) in [6, 6.07) is 10.1. The molecule has 0 saturated heterocycles. The predicted molar refractivity (Wildman–Crippen MR) is 79.6 cm³/mol. The molecule has 0 fully saturated rings. The summed E-state index contributed by atoms with van der Waals surface area (Å²) >= 11 is 0. The number of aryl methyl sites for hydroxylation is 1. The van der Waals surface area contributed by atoms with E-state index in [4.69, 9.17) is 4.74 Å². The van der Waals surface area contributed by atoms with Crippen molar-refractivity contribution in [2.45, 2.75) is 13.1 Å². The van der Waals surface area contributed by atoms with Gasteiger partial charge in [-0.2, -0.15) is 0 Å². The highest BCUT2D eigenvalue weighted by molar-refractivity contribution is 5.33.